The van der Waals surface area contributed by atoms with Gasteiger partial charge in [-0.05, 0) is 47.9 Å². The van der Waals surface area contributed by atoms with E-state index in [4.69, 9.17) is 16.3 Å². The summed E-state index contributed by atoms with van der Waals surface area (Å²) in [5.74, 6) is 0.796. The van der Waals surface area contributed by atoms with E-state index < -0.39 is 10.0 Å². The highest BCUT2D eigenvalue weighted by Crippen LogP contribution is 2.28. The molecule has 22 heavy (non-hydrogen) atoms. The molecule has 116 valence electrons. The highest BCUT2D eigenvalue weighted by Gasteiger charge is 2.28. The second kappa shape index (κ2) is 5.91. The molecule has 0 bridgehead atoms. The van der Waals surface area contributed by atoms with E-state index in [1.165, 1.54) is 10.4 Å². The van der Waals surface area contributed by atoms with Gasteiger partial charge in [0.05, 0.1) is 12.0 Å². The van der Waals surface area contributed by atoms with Crippen molar-refractivity contribution >= 4 is 21.6 Å². The van der Waals surface area contributed by atoms with Gasteiger partial charge in [0.25, 0.3) is 0 Å². The minimum absolute atomic E-state index is 0.233. The quantitative estimate of drug-likeness (QED) is 0.864. The first-order valence-corrected chi connectivity index (χ1v) is 8.74. The lowest BCUT2D eigenvalue weighted by atomic mass is 10.0. The van der Waals surface area contributed by atoms with Crippen LogP contribution in [0.5, 0.6) is 5.75 Å². The number of benzene rings is 2. The zero-order valence-electron chi connectivity index (χ0n) is 12.1. The van der Waals surface area contributed by atoms with Crippen LogP contribution in [0.1, 0.15) is 11.1 Å². The molecule has 0 saturated carbocycles. The average Bonchev–Trinajstić information content (AvgIpc) is 2.53. The predicted molar refractivity (Wildman–Crippen MR) is 85.7 cm³/mol. The van der Waals surface area contributed by atoms with E-state index in [0.717, 1.165) is 16.9 Å². The Hall–Kier alpha value is -1.56. The molecular weight excluding hydrogens is 322 g/mol. The van der Waals surface area contributed by atoms with Gasteiger partial charge >= 0.3 is 0 Å². The van der Waals surface area contributed by atoms with Gasteiger partial charge in [0.15, 0.2) is 0 Å². The summed E-state index contributed by atoms with van der Waals surface area (Å²) in [6.07, 6.45) is 0.673. The summed E-state index contributed by atoms with van der Waals surface area (Å²) < 4.78 is 32.1. The molecule has 0 fully saturated rings. The maximum atomic E-state index is 12.7. The second-order valence-electron chi connectivity index (χ2n) is 5.18. The fourth-order valence-corrected chi connectivity index (χ4v) is 4.33. The van der Waals surface area contributed by atoms with Crippen LogP contribution in [0.2, 0.25) is 5.02 Å². The fraction of sp³-hybridized carbons (Fsp3) is 0.250. The number of rotatable bonds is 3. The normalized spacial score (nSPS) is 15.4. The Morgan fingerprint density at radius 3 is 2.68 bits per heavy atom. The summed E-state index contributed by atoms with van der Waals surface area (Å²) in [6.45, 7) is 0.823. The van der Waals surface area contributed by atoms with Crippen LogP contribution < -0.4 is 4.74 Å². The molecule has 2 aromatic rings. The zero-order chi connectivity index (χ0) is 15.7. The monoisotopic (exact) mass is 337 g/mol. The highest BCUT2D eigenvalue weighted by atomic mass is 35.5. The summed E-state index contributed by atoms with van der Waals surface area (Å²) in [6, 6.07) is 12.1. The van der Waals surface area contributed by atoms with Crippen molar-refractivity contribution in [3.8, 4) is 5.75 Å². The SMILES string of the molecule is COc1ccc2c(c1)CCN(S(=O)(=O)c1cccc(Cl)c1)C2. The largest absolute Gasteiger partial charge is 0.497 e. The van der Waals surface area contributed by atoms with E-state index in [1.54, 1.807) is 25.3 Å². The van der Waals surface area contributed by atoms with Crippen molar-refractivity contribution in [2.24, 2.45) is 0 Å². The molecule has 1 aliphatic rings. The summed E-state index contributed by atoms with van der Waals surface area (Å²) >= 11 is 5.91. The van der Waals surface area contributed by atoms with Gasteiger partial charge in [0, 0.05) is 18.1 Å². The number of halogens is 1. The maximum Gasteiger partial charge on any atom is 0.243 e. The van der Waals surface area contributed by atoms with E-state index in [2.05, 4.69) is 0 Å². The Kier molecular flexibility index (Phi) is 4.12. The van der Waals surface area contributed by atoms with Gasteiger partial charge < -0.3 is 4.74 Å². The Morgan fingerprint density at radius 1 is 1.14 bits per heavy atom. The molecule has 6 heteroatoms. The molecular formula is C16H16ClNO3S. The molecule has 0 aliphatic carbocycles. The predicted octanol–water partition coefficient (Wildman–Crippen LogP) is 3.10. The molecule has 0 saturated heterocycles. The van der Waals surface area contributed by atoms with E-state index >= 15 is 0 Å². The van der Waals surface area contributed by atoms with Crippen molar-refractivity contribution in [1.29, 1.82) is 0 Å². The molecule has 0 radical (unpaired) electrons. The number of hydrogen-bond donors (Lipinski definition) is 0. The lowest BCUT2D eigenvalue weighted by molar-refractivity contribution is 0.386. The van der Waals surface area contributed by atoms with E-state index in [9.17, 15) is 8.42 Å². The van der Waals surface area contributed by atoms with Crippen LogP contribution in [-0.2, 0) is 23.0 Å². The topological polar surface area (TPSA) is 46.6 Å². The Labute approximate surface area is 135 Å². The Balaban J connectivity index is 1.91. The number of ether oxygens (including phenoxy) is 1. The van der Waals surface area contributed by atoms with E-state index in [-0.39, 0.29) is 4.90 Å². The molecule has 1 aliphatic heterocycles. The molecule has 0 N–H and O–H groups in total. The number of sulfonamides is 1. The van der Waals surface area contributed by atoms with Gasteiger partial charge in [-0.15, -0.1) is 0 Å². The third-order valence-corrected chi connectivity index (χ3v) is 5.90. The molecule has 3 rings (SSSR count). The van der Waals surface area contributed by atoms with E-state index in [0.29, 0.717) is 24.5 Å². The summed E-state index contributed by atoms with van der Waals surface area (Å²) in [5.41, 5.74) is 2.15. The van der Waals surface area contributed by atoms with Gasteiger partial charge in [0.1, 0.15) is 5.75 Å². The number of fused-ring (bicyclic) bond motifs is 1. The highest BCUT2D eigenvalue weighted by molar-refractivity contribution is 7.89. The first-order valence-electron chi connectivity index (χ1n) is 6.92. The first-order chi connectivity index (χ1) is 10.5. The van der Waals surface area contributed by atoms with Crippen LogP contribution in [0, 0.1) is 0 Å². The average molecular weight is 338 g/mol. The standard InChI is InChI=1S/C16H16ClNO3S/c1-21-15-6-5-13-11-18(8-7-12(13)9-15)22(19,20)16-4-2-3-14(17)10-16/h2-6,9-10H,7-8,11H2,1H3. The van der Waals surface area contributed by atoms with Crippen LogP contribution in [0.15, 0.2) is 47.4 Å². The summed E-state index contributed by atoms with van der Waals surface area (Å²) in [7, 11) is -1.90. The molecule has 2 aromatic carbocycles. The molecule has 0 amide bonds. The zero-order valence-corrected chi connectivity index (χ0v) is 13.7. The minimum Gasteiger partial charge on any atom is -0.497 e. The fourth-order valence-electron chi connectivity index (χ4n) is 2.61. The molecule has 1 heterocycles. The van der Waals surface area contributed by atoms with Crippen molar-refractivity contribution in [3.63, 3.8) is 0 Å². The van der Waals surface area contributed by atoms with E-state index in [1.807, 2.05) is 18.2 Å². The van der Waals surface area contributed by atoms with Crippen LogP contribution in [0.4, 0.5) is 0 Å². The van der Waals surface area contributed by atoms with Crippen molar-refractivity contribution in [2.75, 3.05) is 13.7 Å². The van der Waals surface area contributed by atoms with Gasteiger partial charge in [-0.2, -0.15) is 4.31 Å². The number of hydrogen-bond acceptors (Lipinski definition) is 3. The van der Waals surface area contributed by atoms with Crippen LogP contribution in [0.25, 0.3) is 0 Å². The third-order valence-electron chi connectivity index (χ3n) is 3.82. The van der Waals surface area contributed by atoms with Gasteiger partial charge in [-0.25, -0.2) is 8.42 Å². The third kappa shape index (κ3) is 2.84. The van der Waals surface area contributed by atoms with Crippen molar-refractivity contribution in [3.05, 3.63) is 58.6 Å². The van der Waals surface area contributed by atoms with Crippen molar-refractivity contribution in [2.45, 2.75) is 17.9 Å². The van der Waals surface area contributed by atoms with Crippen LogP contribution in [-0.4, -0.2) is 26.4 Å². The lowest BCUT2D eigenvalue weighted by Crippen LogP contribution is -2.35. The molecule has 0 atom stereocenters. The number of methoxy groups -OCH3 is 1. The van der Waals surface area contributed by atoms with Gasteiger partial charge in [-0.1, -0.05) is 23.7 Å². The van der Waals surface area contributed by atoms with Crippen LogP contribution >= 0.6 is 11.6 Å². The lowest BCUT2D eigenvalue weighted by Gasteiger charge is -2.28. The van der Waals surface area contributed by atoms with Gasteiger partial charge in [0.2, 0.25) is 10.0 Å². The maximum absolute atomic E-state index is 12.7. The van der Waals surface area contributed by atoms with Gasteiger partial charge in [-0.3, -0.25) is 0 Å². The van der Waals surface area contributed by atoms with Crippen molar-refractivity contribution in [1.82, 2.24) is 4.31 Å². The smallest absolute Gasteiger partial charge is 0.243 e. The Morgan fingerprint density at radius 2 is 1.95 bits per heavy atom. The molecule has 0 aromatic heterocycles. The first kappa shape index (κ1) is 15.3. The van der Waals surface area contributed by atoms with Crippen molar-refractivity contribution < 1.29 is 13.2 Å². The minimum atomic E-state index is -3.53. The molecule has 0 unspecified atom stereocenters. The Bertz CT molecular complexity index is 805. The number of nitrogens with zero attached hydrogens (tertiary/aromatic N) is 1. The summed E-state index contributed by atoms with van der Waals surface area (Å²) in [5, 5.41) is 0.420. The molecule has 4 nitrogen and oxygen atoms in total. The van der Waals surface area contributed by atoms with Crippen LogP contribution in [0.3, 0.4) is 0 Å². The second-order valence-corrected chi connectivity index (χ2v) is 7.55. The molecule has 0 spiro atoms. The summed E-state index contributed by atoms with van der Waals surface area (Å²) in [4.78, 5) is 0.233.